The van der Waals surface area contributed by atoms with E-state index in [4.69, 9.17) is 5.11 Å². The lowest BCUT2D eigenvalue weighted by Gasteiger charge is -1.97. The van der Waals surface area contributed by atoms with Crippen molar-refractivity contribution in [1.29, 1.82) is 0 Å². The molecule has 102 valence electrons. The van der Waals surface area contributed by atoms with E-state index in [1.54, 1.807) is 17.8 Å². The second-order valence-electron chi connectivity index (χ2n) is 4.51. The molecule has 0 saturated carbocycles. The number of aromatic nitrogens is 1. The molecule has 1 aromatic carbocycles. The predicted molar refractivity (Wildman–Crippen MR) is 83.9 cm³/mol. The number of thiophene rings is 1. The molecule has 0 aliphatic carbocycles. The second-order valence-corrected chi connectivity index (χ2v) is 6.78. The molecule has 5 heteroatoms. The second kappa shape index (κ2) is 5.34. The number of carbonyl (C=O) groups is 1. The maximum Gasteiger partial charge on any atom is 0.345 e. The van der Waals surface area contributed by atoms with E-state index < -0.39 is 5.97 Å². The fourth-order valence-corrected chi connectivity index (χ4v) is 4.02. The summed E-state index contributed by atoms with van der Waals surface area (Å²) < 4.78 is 0. The average Bonchev–Trinajstić information content (AvgIpc) is 2.99. The van der Waals surface area contributed by atoms with Gasteiger partial charge in [-0.15, -0.1) is 23.1 Å². The molecule has 20 heavy (non-hydrogen) atoms. The lowest BCUT2D eigenvalue weighted by Crippen LogP contribution is -1.90. The minimum absolute atomic E-state index is 0.412. The zero-order valence-electron chi connectivity index (χ0n) is 10.8. The van der Waals surface area contributed by atoms with Crippen molar-refractivity contribution in [1.82, 2.24) is 4.98 Å². The van der Waals surface area contributed by atoms with Crippen LogP contribution in [0.15, 0.2) is 41.4 Å². The molecule has 0 spiro atoms. The number of carboxylic acids is 1. The molecule has 0 fully saturated rings. The Kier molecular flexibility index (Phi) is 3.54. The fraction of sp³-hybridized carbons (Fsp3) is 0.133. The summed E-state index contributed by atoms with van der Waals surface area (Å²) in [5.74, 6) is -0.0671. The van der Waals surface area contributed by atoms with Gasteiger partial charge in [0.2, 0.25) is 0 Å². The lowest BCUT2D eigenvalue weighted by atomic mass is 10.3. The van der Waals surface area contributed by atoms with E-state index in [2.05, 4.69) is 23.2 Å². The first-order valence-electron chi connectivity index (χ1n) is 6.16. The van der Waals surface area contributed by atoms with Crippen LogP contribution < -0.4 is 0 Å². The van der Waals surface area contributed by atoms with Crippen molar-refractivity contribution in [3.8, 4) is 0 Å². The Labute approximate surface area is 124 Å². The van der Waals surface area contributed by atoms with E-state index in [9.17, 15) is 4.79 Å². The highest BCUT2D eigenvalue weighted by atomic mass is 32.2. The van der Waals surface area contributed by atoms with Crippen LogP contribution in [0, 0.1) is 6.92 Å². The number of hydrogen-bond donors (Lipinski definition) is 2. The number of aromatic carboxylic acids is 1. The van der Waals surface area contributed by atoms with Gasteiger partial charge in [-0.05, 0) is 30.7 Å². The number of para-hydroxylation sites is 1. The molecule has 2 aromatic heterocycles. The Hall–Kier alpha value is -1.72. The molecule has 3 rings (SSSR count). The van der Waals surface area contributed by atoms with Crippen molar-refractivity contribution in [2.24, 2.45) is 0 Å². The number of H-pyrrole nitrogens is 1. The van der Waals surface area contributed by atoms with Crippen LogP contribution in [0.1, 0.15) is 20.1 Å². The van der Waals surface area contributed by atoms with E-state index >= 15 is 0 Å². The van der Waals surface area contributed by atoms with Crippen molar-refractivity contribution in [2.75, 3.05) is 0 Å². The van der Waals surface area contributed by atoms with Gasteiger partial charge in [0, 0.05) is 21.5 Å². The minimum Gasteiger partial charge on any atom is -0.477 e. The molecule has 0 bridgehead atoms. The molecule has 0 saturated heterocycles. The molecule has 0 atom stereocenters. The van der Waals surface area contributed by atoms with Gasteiger partial charge in [0.05, 0.1) is 5.03 Å². The van der Waals surface area contributed by atoms with Crippen LogP contribution in [0.4, 0.5) is 0 Å². The predicted octanol–water partition coefficient (Wildman–Crippen LogP) is 4.53. The average molecular weight is 303 g/mol. The van der Waals surface area contributed by atoms with E-state index in [0.29, 0.717) is 4.88 Å². The van der Waals surface area contributed by atoms with Gasteiger partial charge >= 0.3 is 5.97 Å². The Morgan fingerprint density at radius 1 is 1.35 bits per heavy atom. The maximum atomic E-state index is 11.0. The quantitative estimate of drug-likeness (QED) is 0.696. The number of nitrogens with one attached hydrogen (secondary N) is 1. The number of hydrogen-bond acceptors (Lipinski definition) is 3. The summed E-state index contributed by atoms with van der Waals surface area (Å²) in [6.45, 7) is 1.97. The first kappa shape index (κ1) is 13.3. The molecule has 0 aliphatic heterocycles. The zero-order valence-corrected chi connectivity index (χ0v) is 12.5. The third-order valence-electron chi connectivity index (χ3n) is 3.12. The first-order valence-corrected chi connectivity index (χ1v) is 7.97. The SMILES string of the molecule is Cc1sc(C(=O)O)cc1CSc1cc2ccccc2[nH]1. The van der Waals surface area contributed by atoms with Crippen molar-refractivity contribution < 1.29 is 9.90 Å². The molecule has 0 aliphatic rings. The molecule has 2 N–H and O–H groups in total. The molecule has 0 amide bonds. The zero-order chi connectivity index (χ0) is 14.1. The number of fused-ring (bicyclic) bond motifs is 1. The number of benzene rings is 1. The summed E-state index contributed by atoms with van der Waals surface area (Å²) in [5, 5.41) is 11.3. The van der Waals surface area contributed by atoms with Crippen molar-refractivity contribution in [2.45, 2.75) is 17.7 Å². The standard InChI is InChI=1S/C15H13NO2S2/c1-9-11(6-13(20-9)15(17)18)8-19-14-7-10-4-2-3-5-12(10)16-14/h2-7,16H,8H2,1H3,(H,17,18). The minimum atomic E-state index is -0.847. The van der Waals surface area contributed by atoms with Crippen molar-refractivity contribution in [3.63, 3.8) is 0 Å². The van der Waals surface area contributed by atoms with E-state index in [0.717, 1.165) is 26.7 Å². The third kappa shape index (κ3) is 2.59. The topological polar surface area (TPSA) is 53.1 Å². The summed E-state index contributed by atoms with van der Waals surface area (Å²) in [7, 11) is 0. The molecular weight excluding hydrogens is 290 g/mol. The van der Waals surface area contributed by atoms with Crippen molar-refractivity contribution >= 4 is 40.0 Å². The summed E-state index contributed by atoms with van der Waals surface area (Å²) in [4.78, 5) is 15.8. The van der Waals surface area contributed by atoms with Gasteiger partial charge < -0.3 is 10.1 Å². The van der Waals surface area contributed by atoms with Gasteiger partial charge in [0.1, 0.15) is 4.88 Å². The number of carboxylic acid groups (broad SMARTS) is 1. The Bertz CT molecular complexity index is 740. The molecule has 0 radical (unpaired) electrons. The molecule has 3 aromatic rings. The summed E-state index contributed by atoms with van der Waals surface area (Å²) in [6, 6.07) is 12.1. The number of rotatable bonds is 4. The highest BCUT2D eigenvalue weighted by molar-refractivity contribution is 7.98. The number of aryl methyl sites for hydroxylation is 1. The van der Waals surface area contributed by atoms with Crippen LogP contribution in [0.5, 0.6) is 0 Å². The van der Waals surface area contributed by atoms with Gasteiger partial charge in [0.15, 0.2) is 0 Å². The van der Waals surface area contributed by atoms with Crippen LogP contribution >= 0.6 is 23.1 Å². The molecule has 2 heterocycles. The number of thioether (sulfide) groups is 1. The highest BCUT2D eigenvalue weighted by Gasteiger charge is 2.11. The highest BCUT2D eigenvalue weighted by Crippen LogP contribution is 2.30. The lowest BCUT2D eigenvalue weighted by molar-refractivity contribution is 0.0702. The third-order valence-corrected chi connectivity index (χ3v) is 5.19. The van der Waals surface area contributed by atoms with Crippen LogP contribution in [0.25, 0.3) is 10.9 Å². The summed E-state index contributed by atoms with van der Waals surface area (Å²) >= 11 is 3.04. The Morgan fingerprint density at radius 3 is 2.85 bits per heavy atom. The smallest absolute Gasteiger partial charge is 0.345 e. The maximum absolute atomic E-state index is 11.0. The van der Waals surface area contributed by atoms with Gasteiger partial charge in [-0.25, -0.2) is 4.79 Å². The molecular formula is C15H13NO2S2. The Morgan fingerprint density at radius 2 is 2.15 bits per heavy atom. The van der Waals surface area contributed by atoms with Crippen LogP contribution in [-0.4, -0.2) is 16.1 Å². The fourth-order valence-electron chi connectivity index (χ4n) is 2.05. The van der Waals surface area contributed by atoms with E-state index in [-0.39, 0.29) is 0 Å². The molecule has 0 unspecified atom stereocenters. The van der Waals surface area contributed by atoms with E-state index in [1.165, 1.54) is 16.7 Å². The summed E-state index contributed by atoms with van der Waals surface area (Å²) in [6.07, 6.45) is 0. The Balaban J connectivity index is 1.77. The van der Waals surface area contributed by atoms with Gasteiger partial charge in [-0.1, -0.05) is 18.2 Å². The van der Waals surface area contributed by atoms with Crippen LogP contribution in [-0.2, 0) is 5.75 Å². The van der Waals surface area contributed by atoms with Crippen LogP contribution in [0.3, 0.4) is 0 Å². The van der Waals surface area contributed by atoms with Crippen molar-refractivity contribution in [3.05, 3.63) is 51.7 Å². The van der Waals surface area contributed by atoms with Gasteiger partial charge in [0.25, 0.3) is 0 Å². The summed E-state index contributed by atoms with van der Waals surface area (Å²) in [5.41, 5.74) is 2.22. The van der Waals surface area contributed by atoms with Gasteiger partial charge in [-0.2, -0.15) is 0 Å². The largest absolute Gasteiger partial charge is 0.477 e. The number of aromatic amines is 1. The van der Waals surface area contributed by atoms with Crippen LogP contribution in [0.2, 0.25) is 0 Å². The van der Waals surface area contributed by atoms with Gasteiger partial charge in [-0.3, -0.25) is 0 Å². The van der Waals surface area contributed by atoms with E-state index in [1.807, 2.05) is 19.1 Å². The monoisotopic (exact) mass is 303 g/mol. The normalized spacial score (nSPS) is 11.1. The molecule has 3 nitrogen and oxygen atoms in total. The first-order chi connectivity index (χ1) is 9.63.